The van der Waals surface area contributed by atoms with Crippen molar-refractivity contribution in [2.75, 3.05) is 6.54 Å². The molecule has 1 aromatic rings. The van der Waals surface area contributed by atoms with Gasteiger partial charge in [0.2, 0.25) is 12.6 Å². The molecule has 1 amide bonds. The number of carbonyl (C=O) groups excluding carboxylic acids is 1. The molecule has 4 heteroatoms. The summed E-state index contributed by atoms with van der Waals surface area (Å²) in [7, 11) is 0. The number of benzene rings is 1. The summed E-state index contributed by atoms with van der Waals surface area (Å²) in [5, 5.41) is 2.37. The fourth-order valence-corrected chi connectivity index (χ4v) is 0.721. The Morgan fingerprint density at radius 2 is 2.15 bits per heavy atom. The minimum absolute atomic E-state index is 0.0470. The van der Waals surface area contributed by atoms with E-state index in [1.54, 1.807) is 12.1 Å². The summed E-state index contributed by atoms with van der Waals surface area (Å²) in [6.45, 7) is 1.17. The van der Waals surface area contributed by atoms with E-state index in [4.69, 9.17) is 10.5 Å². The van der Waals surface area contributed by atoms with E-state index in [1.807, 2.05) is 18.2 Å². The molecule has 0 bridgehead atoms. The number of hydrogen-bond acceptors (Lipinski definition) is 3. The van der Waals surface area contributed by atoms with Crippen LogP contribution in [0.25, 0.3) is 0 Å². The molecule has 13 heavy (non-hydrogen) atoms. The molecule has 0 aromatic heterocycles. The number of para-hydroxylation sites is 1. The van der Waals surface area contributed by atoms with Crippen LogP contribution in [0.4, 0.5) is 0 Å². The second-order valence-electron chi connectivity index (χ2n) is 2.32. The Labute approximate surface area is 76.7 Å². The zero-order chi connectivity index (χ0) is 9.52. The standard InChI is InChI=1S/C9H11N2O2/c10-6-9(12)11-7-13-8-4-2-1-3-5-8/h1-5,7H,6,10H2,(H,11,12). The van der Waals surface area contributed by atoms with E-state index in [9.17, 15) is 4.79 Å². The van der Waals surface area contributed by atoms with Crippen molar-refractivity contribution in [1.82, 2.24) is 5.32 Å². The number of rotatable bonds is 4. The minimum atomic E-state index is -0.282. The first kappa shape index (κ1) is 9.54. The number of amides is 1. The van der Waals surface area contributed by atoms with E-state index >= 15 is 0 Å². The van der Waals surface area contributed by atoms with Crippen LogP contribution in [-0.4, -0.2) is 12.5 Å². The molecule has 1 aromatic carbocycles. The Morgan fingerprint density at radius 3 is 2.77 bits per heavy atom. The Hall–Kier alpha value is -1.55. The summed E-state index contributed by atoms with van der Waals surface area (Å²) in [6.07, 6.45) is 0. The normalized spacial score (nSPS) is 9.31. The molecule has 1 radical (unpaired) electrons. The molecule has 0 saturated heterocycles. The average Bonchev–Trinajstić information content (AvgIpc) is 2.19. The van der Waals surface area contributed by atoms with E-state index in [0.717, 1.165) is 0 Å². The van der Waals surface area contributed by atoms with Crippen LogP contribution >= 0.6 is 0 Å². The van der Waals surface area contributed by atoms with Gasteiger partial charge in [-0.3, -0.25) is 4.79 Å². The molecule has 0 fully saturated rings. The summed E-state index contributed by atoms with van der Waals surface area (Å²) in [4.78, 5) is 10.7. The van der Waals surface area contributed by atoms with Crippen molar-refractivity contribution >= 4 is 5.91 Å². The van der Waals surface area contributed by atoms with Gasteiger partial charge in [-0.15, -0.1) is 0 Å². The zero-order valence-corrected chi connectivity index (χ0v) is 7.07. The lowest BCUT2D eigenvalue weighted by Crippen LogP contribution is -2.29. The third-order valence-electron chi connectivity index (χ3n) is 1.34. The van der Waals surface area contributed by atoms with Crippen LogP contribution in [0.1, 0.15) is 0 Å². The van der Waals surface area contributed by atoms with Gasteiger partial charge < -0.3 is 15.8 Å². The third-order valence-corrected chi connectivity index (χ3v) is 1.34. The predicted octanol–water partition coefficient (Wildman–Crippen LogP) is 0.260. The third kappa shape index (κ3) is 3.57. The van der Waals surface area contributed by atoms with Crippen LogP contribution < -0.4 is 15.8 Å². The number of nitrogens with two attached hydrogens (primary N) is 1. The van der Waals surface area contributed by atoms with E-state index < -0.39 is 0 Å². The maximum Gasteiger partial charge on any atom is 0.236 e. The summed E-state index contributed by atoms with van der Waals surface area (Å²) in [5.41, 5.74) is 5.06. The van der Waals surface area contributed by atoms with E-state index in [1.165, 1.54) is 6.73 Å². The van der Waals surface area contributed by atoms with E-state index in [0.29, 0.717) is 5.75 Å². The molecule has 0 aliphatic carbocycles. The molecule has 0 aliphatic rings. The molecule has 0 spiro atoms. The van der Waals surface area contributed by atoms with Gasteiger partial charge in [-0.2, -0.15) is 0 Å². The molecule has 1 rings (SSSR count). The zero-order valence-electron chi connectivity index (χ0n) is 7.07. The van der Waals surface area contributed by atoms with Gasteiger partial charge >= 0.3 is 0 Å². The van der Waals surface area contributed by atoms with Crippen molar-refractivity contribution < 1.29 is 9.53 Å². The van der Waals surface area contributed by atoms with Gasteiger partial charge in [-0.1, -0.05) is 18.2 Å². The summed E-state index contributed by atoms with van der Waals surface area (Å²) in [6, 6.07) is 9.13. The second-order valence-corrected chi connectivity index (χ2v) is 2.32. The Morgan fingerprint density at radius 1 is 1.46 bits per heavy atom. The number of hydrogen-bond donors (Lipinski definition) is 2. The SMILES string of the molecule is NCC(=O)N[CH]Oc1ccccc1. The largest absolute Gasteiger partial charge is 0.465 e. The molecule has 3 N–H and O–H groups in total. The van der Waals surface area contributed by atoms with Crippen molar-refractivity contribution in [3.05, 3.63) is 37.1 Å². The van der Waals surface area contributed by atoms with E-state index in [-0.39, 0.29) is 12.5 Å². The van der Waals surface area contributed by atoms with Crippen molar-refractivity contribution in [1.29, 1.82) is 0 Å². The average molecular weight is 179 g/mol. The Balaban J connectivity index is 2.24. The molecule has 0 saturated carbocycles. The summed E-state index contributed by atoms with van der Waals surface area (Å²) < 4.78 is 5.07. The fourth-order valence-electron chi connectivity index (χ4n) is 0.721. The maximum atomic E-state index is 10.7. The fraction of sp³-hybridized carbons (Fsp3) is 0.111. The molecule has 0 atom stereocenters. The Kier molecular flexibility index (Phi) is 3.78. The molecule has 0 heterocycles. The van der Waals surface area contributed by atoms with Crippen LogP contribution in [0.3, 0.4) is 0 Å². The van der Waals surface area contributed by atoms with Gasteiger partial charge in [0.15, 0.2) is 0 Å². The van der Waals surface area contributed by atoms with Crippen LogP contribution in [0.2, 0.25) is 0 Å². The molecular formula is C9H11N2O2. The summed E-state index contributed by atoms with van der Waals surface area (Å²) in [5.74, 6) is 0.385. The van der Waals surface area contributed by atoms with Crippen molar-refractivity contribution in [3.8, 4) is 5.75 Å². The van der Waals surface area contributed by atoms with Gasteiger partial charge in [0.05, 0.1) is 6.54 Å². The highest BCUT2D eigenvalue weighted by Crippen LogP contribution is 2.07. The molecule has 0 unspecified atom stereocenters. The molecule has 69 valence electrons. The molecule has 4 nitrogen and oxygen atoms in total. The van der Waals surface area contributed by atoms with Crippen LogP contribution in [0.5, 0.6) is 5.75 Å². The second kappa shape index (κ2) is 5.16. The van der Waals surface area contributed by atoms with Crippen LogP contribution in [0.15, 0.2) is 30.3 Å². The lowest BCUT2D eigenvalue weighted by molar-refractivity contribution is -0.119. The van der Waals surface area contributed by atoms with Gasteiger partial charge in [-0.05, 0) is 12.1 Å². The van der Waals surface area contributed by atoms with Crippen molar-refractivity contribution in [2.45, 2.75) is 0 Å². The highest BCUT2D eigenvalue weighted by molar-refractivity contribution is 5.78. The van der Waals surface area contributed by atoms with Crippen LogP contribution in [0, 0.1) is 6.73 Å². The smallest absolute Gasteiger partial charge is 0.236 e. The first-order valence-electron chi connectivity index (χ1n) is 3.86. The lowest BCUT2D eigenvalue weighted by Gasteiger charge is -2.04. The highest BCUT2D eigenvalue weighted by atomic mass is 16.5. The molecule has 0 aliphatic heterocycles. The number of carbonyl (C=O) groups is 1. The Bertz CT molecular complexity index is 262. The predicted molar refractivity (Wildman–Crippen MR) is 48.6 cm³/mol. The minimum Gasteiger partial charge on any atom is -0.465 e. The van der Waals surface area contributed by atoms with E-state index in [2.05, 4.69) is 5.32 Å². The monoisotopic (exact) mass is 179 g/mol. The van der Waals surface area contributed by atoms with Gasteiger partial charge in [0.1, 0.15) is 5.75 Å². The summed E-state index contributed by atoms with van der Waals surface area (Å²) >= 11 is 0. The quantitative estimate of drug-likeness (QED) is 0.696. The van der Waals surface area contributed by atoms with Crippen LogP contribution in [-0.2, 0) is 4.79 Å². The number of nitrogens with one attached hydrogen (secondary N) is 1. The van der Waals surface area contributed by atoms with Gasteiger partial charge in [0.25, 0.3) is 0 Å². The highest BCUT2D eigenvalue weighted by Gasteiger charge is 1.96. The first-order chi connectivity index (χ1) is 6.33. The molecular weight excluding hydrogens is 168 g/mol. The lowest BCUT2D eigenvalue weighted by atomic mass is 10.3. The number of ether oxygens (including phenoxy) is 1. The van der Waals surface area contributed by atoms with Gasteiger partial charge in [-0.25, -0.2) is 0 Å². The van der Waals surface area contributed by atoms with Gasteiger partial charge in [0, 0.05) is 0 Å². The first-order valence-corrected chi connectivity index (χ1v) is 3.86. The topological polar surface area (TPSA) is 64.4 Å². The van der Waals surface area contributed by atoms with Crippen molar-refractivity contribution in [2.24, 2.45) is 5.73 Å². The van der Waals surface area contributed by atoms with Crippen molar-refractivity contribution in [3.63, 3.8) is 0 Å². The maximum absolute atomic E-state index is 10.7.